The van der Waals surface area contributed by atoms with Crippen LogP contribution in [-0.4, -0.2) is 20.6 Å². The molecular formula is C15H13Cl2N5O. The van der Waals surface area contributed by atoms with Gasteiger partial charge in [0.1, 0.15) is 12.4 Å². The smallest absolute Gasteiger partial charge is 0.263 e. The maximum atomic E-state index is 6.12. The second-order valence-corrected chi connectivity index (χ2v) is 5.54. The van der Waals surface area contributed by atoms with Gasteiger partial charge in [-0.1, -0.05) is 46.5 Å². The molecule has 0 radical (unpaired) electrons. The molecule has 3 rings (SSSR count). The Hall–Kier alpha value is -2.31. The summed E-state index contributed by atoms with van der Waals surface area (Å²) in [7, 11) is 0. The summed E-state index contributed by atoms with van der Waals surface area (Å²) in [6.45, 7) is 0.912. The number of benzene rings is 2. The van der Waals surface area contributed by atoms with Crippen molar-refractivity contribution in [3.63, 3.8) is 0 Å². The molecule has 1 heterocycles. The van der Waals surface area contributed by atoms with Crippen LogP contribution in [0.5, 0.6) is 5.75 Å². The lowest BCUT2D eigenvalue weighted by Gasteiger charge is -2.10. The molecule has 2 N–H and O–H groups in total. The van der Waals surface area contributed by atoms with Crippen LogP contribution in [-0.2, 0) is 13.2 Å². The number of H-pyrrole nitrogens is 1. The van der Waals surface area contributed by atoms with Gasteiger partial charge in [-0.15, -0.1) is 5.10 Å². The predicted octanol–water partition coefficient (Wildman–Crippen LogP) is 3.70. The van der Waals surface area contributed by atoms with Gasteiger partial charge < -0.3 is 10.1 Å². The molecule has 3 aromatic rings. The molecule has 0 atom stereocenters. The van der Waals surface area contributed by atoms with Gasteiger partial charge in [-0.25, -0.2) is 0 Å². The maximum absolute atomic E-state index is 6.12. The monoisotopic (exact) mass is 349 g/mol. The fourth-order valence-corrected chi connectivity index (χ4v) is 2.45. The highest BCUT2D eigenvalue weighted by molar-refractivity contribution is 6.35. The molecule has 118 valence electrons. The zero-order valence-electron chi connectivity index (χ0n) is 12.0. The molecule has 0 aliphatic heterocycles. The number of hydrogen-bond donors (Lipinski definition) is 2. The van der Waals surface area contributed by atoms with Crippen molar-refractivity contribution in [1.29, 1.82) is 0 Å². The van der Waals surface area contributed by atoms with Crippen LogP contribution in [0.25, 0.3) is 0 Å². The van der Waals surface area contributed by atoms with Gasteiger partial charge in [0.25, 0.3) is 5.95 Å². The molecule has 0 aliphatic rings. The number of ether oxygens (including phenoxy) is 1. The Morgan fingerprint density at radius 2 is 1.78 bits per heavy atom. The van der Waals surface area contributed by atoms with Crippen molar-refractivity contribution in [2.75, 3.05) is 5.32 Å². The molecule has 0 saturated heterocycles. The Labute approximate surface area is 142 Å². The average Bonchev–Trinajstić information content (AvgIpc) is 3.07. The van der Waals surface area contributed by atoms with E-state index in [1.165, 1.54) is 0 Å². The third-order valence-corrected chi connectivity index (χ3v) is 3.87. The molecule has 8 heteroatoms. The van der Waals surface area contributed by atoms with Gasteiger partial charge in [-0.05, 0) is 35.0 Å². The molecule has 0 spiro atoms. The SMILES string of the molecule is Clc1cccc(Cl)c1COc1ccc(CNc2nn[nH]n2)cc1. The zero-order chi connectivity index (χ0) is 16.1. The summed E-state index contributed by atoms with van der Waals surface area (Å²) in [5.74, 6) is 1.20. The van der Waals surface area contributed by atoms with Gasteiger partial charge in [0, 0.05) is 22.2 Å². The molecule has 0 aliphatic carbocycles. The van der Waals surface area contributed by atoms with Crippen LogP contribution in [0.3, 0.4) is 0 Å². The van der Waals surface area contributed by atoms with Gasteiger partial charge in [0.2, 0.25) is 0 Å². The third-order valence-electron chi connectivity index (χ3n) is 3.16. The third kappa shape index (κ3) is 4.12. The first kappa shape index (κ1) is 15.6. The average molecular weight is 350 g/mol. The number of rotatable bonds is 6. The summed E-state index contributed by atoms with van der Waals surface area (Å²) in [5, 5.41) is 17.7. The summed E-state index contributed by atoms with van der Waals surface area (Å²) in [4.78, 5) is 0. The first-order valence-electron chi connectivity index (χ1n) is 6.84. The summed E-state index contributed by atoms with van der Waals surface area (Å²) in [5.41, 5.74) is 1.84. The molecule has 0 fully saturated rings. The Bertz CT molecular complexity index is 742. The summed E-state index contributed by atoms with van der Waals surface area (Å²) in [6, 6.07) is 13.1. The first-order valence-corrected chi connectivity index (χ1v) is 7.60. The van der Waals surface area contributed by atoms with E-state index in [2.05, 4.69) is 25.9 Å². The largest absolute Gasteiger partial charge is 0.489 e. The number of nitrogens with one attached hydrogen (secondary N) is 2. The lowest BCUT2D eigenvalue weighted by molar-refractivity contribution is 0.306. The molecule has 0 bridgehead atoms. The van der Waals surface area contributed by atoms with Crippen molar-refractivity contribution < 1.29 is 4.74 Å². The van der Waals surface area contributed by atoms with Gasteiger partial charge in [-0.3, -0.25) is 0 Å². The fourth-order valence-electron chi connectivity index (χ4n) is 1.95. The maximum Gasteiger partial charge on any atom is 0.263 e. The second-order valence-electron chi connectivity index (χ2n) is 4.72. The van der Waals surface area contributed by atoms with Crippen molar-refractivity contribution in [2.24, 2.45) is 0 Å². The van der Waals surface area contributed by atoms with E-state index in [0.29, 0.717) is 29.1 Å². The van der Waals surface area contributed by atoms with Crippen LogP contribution >= 0.6 is 23.2 Å². The van der Waals surface area contributed by atoms with Gasteiger partial charge in [-0.2, -0.15) is 5.21 Å². The van der Waals surface area contributed by atoms with E-state index in [4.69, 9.17) is 27.9 Å². The highest BCUT2D eigenvalue weighted by Gasteiger charge is 2.06. The van der Waals surface area contributed by atoms with Crippen molar-refractivity contribution >= 4 is 29.2 Å². The van der Waals surface area contributed by atoms with Crippen LogP contribution in [0.4, 0.5) is 5.95 Å². The Kier molecular flexibility index (Phi) is 4.95. The van der Waals surface area contributed by atoms with Crippen molar-refractivity contribution in [3.05, 3.63) is 63.6 Å². The standard InChI is InChI=1S/C15H13Cl2N5O/c16-13-2-1-3-14(17)12(13)9-23-11-6-4-10(5-7-11)8-18-15-19-21-22-20-15/h1-7H,8-9H2,(H2,18,19,20,21,22). The van der Waals surface area contributed by atoms with Crippen molar-refractivity contribution in [1.82, 2.24) is 20.6 Å². The van der Waals surface area contributed by atoms with Crippen molar-refractivity contribution in [3.8, 4) is 5.75 Å². The minimum Gasteiger partial charge on any atom is -0.489 e. The molecule has 1 aromatic heterocycles. The number of tetrazole rings is 1. The molecule has 23 heavy (non-hydrogen) atoms. The lowest BCUT2D eigenvalue weighted by Crippen LogP contribution is -2.01. The second kappa shape index (κ2) is 7.30. The minimum absolute atomic E-state index is 0.318. The molecule has 0 saturated carbocycles. The van der Waals surface area contributed by atoms with Crippen molar-refractivity contribution in [2.45, 2.75) is 13.2 Å². The van der Waals surface area contributed by atoms with E-state index >= 15 is 0 Å². The van der Waals surface area contributed by atoms with Crippen LogP contribution in [0.15, 0.2) is 42.5 Å². The predicted molar refractivity (Wildman–Crippen MR) is 88.7 cm³/mol. The fraction of sp³-hybridized carbons (Fsp3) is 0.133. The molecule has 6 nitrogen and oxygen atoms in total. The molecule has 2 aromatic carbocycles. The molecule has 0 unspecified atom stereocenters. The van der Waals surface area contributed by atoms with E-state index in [1.807, 2.05) is 24.3 Å². The Morgan fingerprint density at radius 1 is 1.04 bits per heavy atom. The van der Waals surface area contributed by atoms with Crippen LogP contribution in [0, 0.1) is 0 Å². The Morgan fingerprint density at radius 3 is 2.43 bits per heavy atom. The molecular weight excluding hydrogens is 337 g/mol. The number of halogens is 2. The van der Waals surface area contributed by atoms with Gasteiger partial charge in [0.15, 0.2) is 0 Å². The number of anilines is 1. The van der Waals surface area contributed by atoms with Gasteiger partial charge in [0.05, 0.1) is 0 Å². The summed E-state index contributed by atoms with van der Waals surface area (Å²) >= 11 is 12.2. The summed E-state index contributed by atoms with van der Waals surface area (Å²) < 4.78 is 5.73. The zero-order valence-corrected chi connectivity index (χ0v) is 13.5. The number of hydrogen-bond acceptors (Lipinski definition) is 5. The first-order chi connectivity index (χ1) is 11.2. The number of aromatic nitrogens is 4. The topological polar surface area (TPSA) is 75.7 Å². The molecule has 0 amide bonds. The number of nitrogens with zero attached hydrogens (tertiary/aromatic N) is 3. The van der Waals surface area contributed by atoms with Crippen LogP contribution < -0.4 is 10.1 Å². The summed E-state index contributed by atoms with van der Waals surface area (Å²) in [6.07, 6.45) is 0. The Balaban J connectivity index is 1.57. The van der Waals surface area contributed by atoms with Crippen LogP contribution in [0.2, 0.25) is 10.0 Å². The normalized spacial score (nSPS) is 10.5. The van der Waals surface area contributed by atoms with E-state index < -0.39 is 0 Å². The van der Waals surface area contributed by atoms with Gasteiger partial charge >= 0.3 is 0 Å². The number of aromatic amines is 1. The quantitative estimate of drug-likeness (QED) is 0.709. The highest BCUT2D eigenvalue weighted by Crippen LogP contribution is 2.26. The van der Waals surface area contributed by atoms with E-state index in [9.17, 15) is 0 Å². The van der Waals surface area contributed by atoms with E-state index in [-0.39, 0.29) is 0 Å². The lowest BCUT2D eigenvalue weighted by atomic mass is 10.2. The highest BCUT2D eigenvalue weighted by atomic mass is 35.5. The van der Waals surface area contributed by atoms with E-state index in [1.54, 1.807) is 18.2 Å². The van der Waals surface area contributed by atoms with E-state index in [0.717, 1.165) is 16.9 Å². The van der Waals surface area contributed by atoms with Crippen LogP contribution in [0.1, 0.15) is 11.1 Å². The minimum atomic E-state index is 0.318.